The largest absolute Gasteiger partial charge is 0.465 e. The maximum Gasteiger partial charge on any atom is 0.407 e. The van der Waals surface area contributed by atoms with E-state index in [1.807, 2.05) is 6.07 Å². The molecule has 1 amide bonds. The molecule has 0 saturated carbocycles. The molecule has 0 aromatic heterocycles. The van der Waals surface area contributed by atoms with Gasteiger partial charge in [0.25, 0.3) is 0 Å². The lowest BCUT2D eigenvalue weighted by molar-refractivity contribution is 0.110. The van der Waals surface area contributed by atoms with Gasteiger partial charge in [-0.15, -0.1) is 0 Å². The molecule has 5 nitrogen and oxygen atoms in total. The quantitative estimate of drug-likeness (QED) is 0.646. The Labute approximate surface area is 82.8 Å². The van der Waals surface area contributed by atoms with Gasteiger partial charge in [-0.3, -0.25) is 4.90 Å². The second-order valence-corrected chi connectivity index (χ2v) is 3.10. The Morgan fingerprint density at radius 1 is 1.43 bits per heavy atom. The van der Waals surface area contributed by atoms with Gasteiger partial charge in [-0.05, 0) is 0 Å². The summed E-state index contributed by atoms with van der Waals surface area (Å²) >= 11 is 0. The molecule has 0 aromatic carbocycles. The molecule has 0 unspecified atom stereocenters. The topological polar surface area (TPSA) is 67.6 Å². The fourth-order valence-electron chi connectivity index (χ4n) is 1.38. The zero-order valence-corrected chi connectivity index (χ0v) is 7.89. The summed E-state index contributed by atoms with van der Waals surface area (Å²) in [5, 5.41) is 17.0. The highest BCUT2D eigenvalue weighted by Gasteiger charge is 2.18. The van der Waals surface area contributed by atoms with Crippen LogP contribution in [0.1, 0.15) is 0 Å². The number of piperazine rings is 1. The highest BCUT2D eigenvalue weighted by atomic mass is 16.4. The molecule has 0 aliphatic carbocycles. The zero-order chi connectivity index (χ0) is 10.4. The van der Waals surface area contributed by atoms with Crippen LogP contribution in [0.2, 0.25) is 0 Å². The van der Waals surface area contributed by atoms with Crippen LogP contribution in [0.5, 0.6) is 0 Å². The molecular weight excluding hydrogens is 182 g/mol. The summed E-state index contributed by atoms with van der Waals surface area (Å²) in [5.74, 6) is 0. The Morgan fingerprint density at radius 2 is 2.07 bits per heavy atom. The fraction of sp³-hybridized carbons (Fsp3) is 0.556. The van der Waals surface area contributed by atoms with Gasteiger partial charge in [0.05, 0.1) is 6.07 Å². The molecule has 1 aliphatic rings. The van der Waals surface area contributed by atoms with Crippen LogP contribution in [0.3, 0.4) is 0 Å². The molecule has 1 N–H and O–H groups in total. The summed E-state index contributed by atoms with van der Waals surface area (Å²) in [6.45, 7) is 3.30. The molecule has 5 heteroatoms. The lowest BCUT2D eigenvalue weighted by Gasteiger charge is -2.32. The molecule has 1 rings (SSSR count). The number of rotatable bonds is 2. The number of hydrogen-bond donors (Lipinski definition) is 1. The van der Waals surface area contributed by atoms with Crippen molar-refractivity contribution in [3.63, 3.8) is 0 Å². The average molecular weight is 195 g/mol. The molecule has 1 saturated heterocycles. The average Bonchev–Trinajstić information content (AvgIpc) is 2.19. The van der Waals surface area contributed by atoms with Gasteiger partial charge in [0.15, 0.2) is 0 Å². The highest BCUT2D eigenvalue weighted by Crippen LogP contribution is 2.01. The van der Waals surface area contributed by atoms with E-state index in [-0.39, 0.29) is 0 Å². The van der Waals surface area contributed by atoms with E-state index in [2.05, 4.69) is 4.90 Å². The van der Waals surface area contributed by atoms with Crippen LogP contribution < -0.4 is 0 Å². The third-order valence-corrected chi connectivity index (χ3v) is 2.20. The van der Waals surface area contributed by atoms with Crippen molar-refractivity contribution in [2.45, 2.75) is 0 Å². The molecule has 0 atom stereocenters. The standard InChI is InChI=1S/C9H13N3O2/c10-3-1-2-4-11-5-7-12(8-6-11)9(13)14/h1-2H,4-8H2,(H,13,14)/b2-1-. The Kier molecular flexibility index (Phi) is 3.95. The van der Waals surface area contributed by atoms with E-state index in [0.717, 1.165) is 19.6 Å². The summed E-state index contributed by atoms with van der Waals surface area (Å²) in [7, 11) is 0. The van der Waals surface area contributed by atoms with Gasteiger partial charge in [0.1, 0.15) is 0 Å². The van der Waals surface area contributed by atoms with Crippen LogP contribution in [0, 0.1) is 11.3 Å². The summed E-state index contributed by atoms with van der Waals surface area (Å²) in [6.07, 6.45) is 2.39. The minimum Gasteiger partial charge on any atom is -0.465 e. The van der Waals surface area contributed by atoms with Crippen LogP contribution >= 0.6 is 0 Å². The van der Waals surface area contributed by atoms with E-state index in [1.165, 1.54) is 11.0 Å². The Balaban J connectivity index is 2.26. The van der Waals surface area contributed by atoms with Crippen LogP contribution in [-0.2, 0) is 0 Å². The minimum absolute atomic E-state index is 0.551. The normalized spacial score (nSPS) is 18.4. The maximum atomic E-state index is 10.6. The fourth-order valence-corrected chi connectivity index (χ4v) is 1.38. The van der Waals surface area contributed by atoms with E-state index in [4.69, 9.17) is 10.4 Å². The third kappa shape index (κ3) is 3.07. The van der Waals surface area contributed by atoms with Crippen molar-refractivity contribution in [2.75, 3.05) is 32.7 Å². The van der Waals surface area contributed by atoms with Crippen molar-refractivity contribution < 1.29 is 9.90 Å². The number of allylic oxidation sites excluding steroid dienone is 1. The Hall–Kier alpha value is -1.54. The van der Waals surface area contributed by atoms with Crippen molar-refractivity contribution in [2.24, 2.45) is 0 Å². The van der Waals surface area contributed by atoms with Crippen LogP contribution in [0.15, 0.2) is 12.2 Å². The first-order valence-electron chi connectivity index (χ1n) is 4.49. The SMILES string of the molecule is N#C/C=C\CN1CCN(C(=O)O)CC1. The molecule has 0 spiro atoms. The second kappa shape index (κ2) is 5.25. The van der Waals surface area contributed by atoms with Gasteiger partial charge >= 0.3 is 6.09 Å². The highest BCUT2D eigenvalue weighted by molar-refractivity contribution is 5.65. The van der Waals surface area contributed by atoms with Gasteiger partial charge in [-0.25, -0.2) is 4.79 Å². The summed E-state index contributed by atoms with van der Waals surface area (Å²) in [6, 6.07) is 1.92. The molecule has 14 heavy (non-hydrogen) atoms. The van der Waals surface area contributed by atoms with Crippen molar-refractivity contribution in [3.8, 4) is 6.07 Å². The number of nitriles is 1. The Morgan fingerprint density at radius 3 is 2.57 bits per heavy atom. The van der Waals surface area contributed by atoms with Crippen LogP contribution in [0.4, 0.5) is 4.79 Å². The predicted molar refractivity (Wildman–Crippen MR) is 50.8 cm³/mol. The van der Waals surface area contributed by atoms with Crippen molar-refractivity contribution in [1.82, 2.24) is 9.80 Å². The Bertz CT molecular complexity index is 262. The van der Waals surface area contributed by atoms with Crippen LogP contribution in [-0.4, -0.2) is 53.7 Å². The van der Waals surface area contributed by atoms with Gasteiger partial charge in [-0.2, -0.15) is 5.26 Å². The molecule has 1 aliphatic heterocycles. The zero-order valence-electron chi connectivity index (χ0n) is 7.89. The van der Waals surface area contributed by atoms with E-state index in [9.17, 15) is 4.79 Å². The predicted octanol–water partition coefficient (Wildman–Crippen LogP) is 0.362. The molecule has 1 fully saturated rings. The molecule has 76 valence electrons. The number of amides is 1. The first-order chi connectivity index (χ1) is 6.74. The van der Waals surface area contributed by atoms with Crippen molar-refractivity contribution in [1.29, 1.82) is 5.26 Å². The van der Waals surface area contributed by atoms with E-state index < -0.39 is 6.09 Å². The summed E-state index contributed by atoms with van der Waals surface area (Å²) < 4.78 is 0. The smallest absolute Gasteiger partial charge is 0.407 e. The van der Waals surface area contributed by atoms with Gasteiger partial charge in [0.2, 0.25) is 0 Å². The molecular formula is C9H13N3O2. The number of nitrogens with zero attached hydrogens (tertiary/aromatic N) is 3. The third-order valence-electron chi connectivity index (χ3n) is 2.20. The second-order valence-electron chi connectivity index (χ2n) is 3.10. The van der Waals surface area contributed by atoms with Gasteiger partial charge in [0, 0.05) is 38.8 Å². The first kappa shape index (κ1) is 10.5. The number of carbonyl (C=O) groups is 1. The molecule has 0 bridgehead atoms. The molecule has 0 radical (unpaired) electrons. The number of hydrogen-bond acceptors (Lipinski definition) is 3. The molecule has 0 aromatic rings. The molecule has 1 heterocycles. The van der Waals surface area contributed by atoms with E-state index >= 15 is 0 Å². The minimum atomic E-state index is -0.850. The van der Waals surface area contributed by atoms with E-state index in [1.54, 1.807) is 6.08 Å². The van der Waals surface area contributed by atoms with Crippen molar-refractivity contribution in [3.05, 3.63) is 12.2 Å². The van der Waals surface area contributed by atoms with Gasteiger partial charge < -0.3 is 10.0 Å². The van der Waals surface area contributed by atoms with Crippen molar-refractivity contribution >= 4 is 6.09 Å². The lowest BCUT2D eigenvalue weighted by Crippen LogP contribution is -2.48. The lowest BCUT2D eigenvalue weighted by atomic mass is 10.3. The first-order valence-corrected chi connectivity index (χ1v) is 4.49. The monoisotopic (exact) mass is 195 g/mol. The maximum absolute atomic E-state index is 10.6. The van der Waals surface area contributed by atoms with E-state index in [0.29, 0.717) is 13.1 Å². The summed E-state index contributed by atoms with van der Waals surface area (Å²) in [5.41, 5.74) is 0. The summed E-state index contributed by atoms with van der Waals surface area (Å²) in [4.78, 5) is 14.1. The van der Waals surface area contributed by atoms with Gasteiger partial charge in [-0.1, -0.05) is 6.08 Å². The number of carboxylic acid groups (broad SMARTS) is 1. The van der Waals surface area contributed by atoms with Crippen LogP contribution in [0.25, 0.3) is 0 Å².